The Labute approximate surface area is 200 Å². The van der Waals surface area contributed by atoms with Crippen LogP contribution in [0.15, 0.2) is 29.3 Å². The molecular formula is C22H39IN4O2S. The minimum atomic E-state index is -3.07. The summed E-state index contributed by atoms with van der Waals surface area (Å²) < 4.78 is 24.9. The molecule has 2 rings (SSSR count). The Balaban J connectivity index is 0.00000450. The van der Waals surface area contributed by atoms with Crippen LogP contribution in [-0.4, -0.2) is 57.7 Å². The van der Waals surface area contributed by atoms with Gasteiger partial charge in [-0.25, -0.2) is 12.7 Å². The molecule has 1 saturated heterocycles. The topological polar surface area (TPSA) is 73.8 Å². The first-order valence-corrected chi connectivity index (χ1v) is 12.6. The summed E-state index contributed by atoms with van der Waals surface area (Å²) in [6.45, 7) is 12.2. The predicted molar refractivity (Wildman–Crippen MR) is 137 cm³/mol. The van der Waals surface area contributed by atoms with Gasteiger partial charge in [0.25, 0.3) is 0 Å². The molecule has 1 aliphatic heterocycles. The number of aliphatic imine (C=N–C) groups is 1. The third kappa shape index (κ3) is 8.34. The summed E-state index contributed by atoms with van der Waals surface area (Å²) in [5.74, 6) is 1.29. The van der Waals surface area contributed by atoms with Crippen LogP contribution in [0.3, 0.4) is 0 Å². The van der Waals surface area contributed by atoms with Crippen molar-refractivity contribution >= 4 is 40.0 Å². The molecule has 1 heterocycles. The number of benzene rings is 1. The van der Waals surface area contributed by atoms with Crippen LogP contribution in [0.4, 0.5) is 0 Å². The van der Waals surface area contributed by atoms with E-state index >= 15 is 0 Å². The summed E-state index contributed by atoms with van der Waals surface area (Å²) in [6, 6.07) is 8.83. The monoisotopic (exact) mass is 550 g/mol. The summed E-state index contributed by atoms with van der Waals surface area (Å²) in [4.78, 5) is 4.83. The van der Waals surface area contributed by atoms with Crippen LogP contribution in [0.2, 0.25) is 0 Å². The highest BCUT2D eigenvalue weighted by Crippen LogP contribution is 2.24. The van der Waals surface area contributed by atoms with E-state index in [0.29, 0.717) is 25.6 Å². The lowest BCUT2D eigenvalue weighted by atomic mass is 9.84. The molecule has 1 aromatic carbocycles. The summed E-state index contributed by atoms with van der Waals surface area (Å²) in [5, 5.41) is 6.79. The highest BCUT2D eigenvalue weighted by atomic mass is 127. The van der Waals surface area contributed by atoms with Gasteiger partial charge in [0.2, 0.25) is 10.0 Å². The number of piperidine rings is 1. The molecule has 0 bridgehead atoms. The number of guanidine groups is 1. The fourth-order valence-electron chi connectivity index (χ4n) is 3.59. The summed E-state index contributed by atoms with van der Waals surface area (Å²) in [7, 11) is -3.07. The zero-order chi connectivity index (χ0) is 21.5. The molecule has 30 heavy (non-hydrogen) atoms. The minimum Gasteiger partial charge on any atom is -0.357 e. The molecule has 8 heteroatoms. The van der Waals surface area contributed by atoms with Gasteiger partial charge in [-0.3, -0.25) is 4.99 Å². The minimum absolute atomic E-state index is 0. The Bertz CT molecular complexity index is 771. The maximum Gasteiger partial charge on any atom is 0.211 e. The van der Waals surface area contributed by atoms with Crippen molar-refractivity contribution in [2.24, 2.45) is 10.9 Å². The first-order chi connectivity index (χ1) is 13.7. The van der Waals surface area contributed by atoms with Gasteiger partial charge in [0.15, 0.2) is 5.96 Å². The van der Waals surface area contributed by atoms with E-state index in [1.165, 1.54) is 17.4 Å². The van der Waals surface area contributed by atoms with Gasteiger partial charge in [-0.1, -0.05) is 45.0 Å². The second kappa shape index (κ2) is 12.2. The Kier molecular flexibility index (Phi) is 11.1. The number of aryl methyl sites for hydroxylation is 1. The maximum absolute atomic E-state index is 11.7. The first kappa shape index (κ1) is 27.2. The molecule has 0 saturated carbocycles. The maximum atomic E-state index is 11.7. The van der Waals surface area contributed by atoms with Gasteiger partial charge < -0.3 is 10.6 Å². The second-order valence-corrected chi connectivity index (χ2v) is 10.6. The molecule has 172 valence electrons. The lowest BCUT2D eigenvalue weighted by molar-refractivity contribution is 0.275. The summed E-state index contributed by atoms with van der Waals surface area (Å²) in [6.07, 6.45) is 4.11. The number of rotatable bonds is 8. The van der Waals surface area contributed by atoms with E-state index in [0.717, 1.165) is 38.3 Å². The molecule has 0 unspecified atom stereocenters. The lowest BCUT2D eigenvalue weighted by Gasteiger charge is -2.30. The normalized spacial score (nSPS) is 16.8. The van der Waals surface area contributed by atoms with Crippen molar-refractivity contribution in [1.82, 2.24) is 14.9 Å². The molecule has 1 fully saturated rings. The average molecular weight is 551 g/mol. The molecule has 2 N–H and O–H groups in total. The molecule has 1 aromatic rings. The molecule has 0 amide bonds. The fraction of sp³-hybridized carbons (Fsp3) is 0.682. The molecule has 0 atom stereocenters. The van der Waals surface area contributed by atoms with Crippen LogP contribution in [-0.2, 0) is 21.9 Å². The van der Waals surface area contributed by atoms with Crippen molar-refractivity contribution in [2.45, 2.75) is 52.4 Å². The smallest absolute Gasteiger partial charge is 0.211 e. The van der Waals surface area contributed by atoms with Crippen LogP contribution >= 0.6 is 24.0 Å². The molecule has 0 aliphatic carbocycles. The highest BCUT2D eigenvalue weighted by Gasteiger charge is 2.25. The average Bonchev–Trinajstić information content (AvgIpc) is 2.70. The predicted octanol–water partition coefficient (Wildman–Crippen LogP) is 3.37. The Morgan fingerprint density at radius 3 is 2.23 bits per heavy atom. The van der Waals surface area contributed by atoms with E-state index in [1.54, 1.807) is 4.31 Å². The Morgan fingerprint density at radius 1 is 1.13 bits per heavy atom. The van der Waals surface area contributed by atoms with E-state index in [1.807, 2.05) is 0 Å². The van der Waals surface area contributed by atoms with Gasteiger partial charge in [-0.05, 0) is 43.2 Å². The van der Waals surface area contributed by atoms with Crippen LogP contribution in [0.5, 0.6) is 0 Å². The number of sulfonamides is 1. The number of hydrogen-bond donors (Lipinski definition) is 2. The van der Waals surface area contributed by atoms with Crippen molar-refractivity contribution < 1.29 is 8.42 Å². The number of halogens is 1. The zero-order valence-electron chi connectivity index (χ0n) is 19.1. The standard InChI is InChI=1S/C22H38N4O2S.HI/c1-6-18-8-10-20(11-9-18)22(3,4)17-25-21(23-7-2)24-16-19-12-14-26(15-13-19)29(5,27)28;/h8-11,19H,6-7,12-17H2,1-5H3,(H2,23,24,25);1H. The van der Waals surface area contributed by atoms with Crippen molar-refractivity contribution in [3.05, 3.63) is 35.4 Å². The molecule has 1 aliphatic rings. The molecule has 0 radical (unpaired) electrons. The van der Waals surface area contributed by atoms with E-state index in [-0.39, 0.29) is 29.4 Å². The van der Waals surface area contributed by atoms with Crippen molar-refractivity contribution in [3.8, 4) is 0 Å². The van der Waals surface area contributed by atoms with E-state index in [4.69, 9.17) is 4.99 Å². The number of nitrogens with zero attached hydrogens (tertiary/aromatic N) is 2. The van der Waals surface area contributed by atoms with Crippen LogP contribution in [0, 0.1) is 5.92 Å². The Morgan fingerprint density at radius 2 is 1.73 bits per heavy atom. The van der Waals surface area contributed by atoms with Gasteiger partial charge in [0, 0.05) is 31.6 Å². The van der Waals surface area contributed by atoms with Gasteiger partial charge >= 0.3 is 0 Å². The quantitative estimate of drug-likeness (QED) is 0.296. The third-order valence-electron chi connectivity index (χ3n) is 5.72. The van der Waals surface area contributed by atoms with Crippen molar-refractivity contribution in [3.63, 3.8) is 0 Å². The molecule has 0 spiro atoms. The van der Waals surface area contributed by atoms with Gasteiger partial charge in [0.1, 0.15) is 0 Å². The number of nitrogens with one attached hydrogen (secondary N) is 2. The lowest BCUT2D eigenvalue weighted by Crippen LogP contribution is -2.44. The van der Waals surface area contributed by atoms with E-state index in [9.17, 15) is 8.42 Å². The van der Waals surface area contributed by atoms with Crippen LogP contribution in [0.1, 0.15) is 51.7 Å². The van der Waals surface area contributed by atoms with Crippen molar-refractivity contribution in [1.29, 1.82) is 0 Å². The summed E-state index contributed by atoms with van der Waals surface area (Å²) in [5.41, 5.74) is 2.60. The number of hydrogen-bond acceptors (Lipinski definition) is 3. The molecular weight excluding hydrogens is 511 g/mol. The Hall–Kier alpha value is -0.870. The molecule has 0 aromatic heterocycles. The molecule has 6 nitrogen and oxygen atoms in total. The highest BCUT2D eigenvalue weighted by molar-refractivity contribution is 14.0. The first-order valence-electron chi connectivity index (χ1n) is 10.7. The van der Waals surface area contributed by atoms with Crippen LogP contribution in [0.25, 0.3) is 0 Å². The van der Waals surface area contributed by atoms with Crippen molar-refractivity contribution in [2.75, 3.05) is 39.0 Å². The van der Waals surface area contributed by atoms with Gasteiger partial charge in [-0.15, -0.1) is 24.0 Å². The second-order valence-electron chi connectivity index (χ2n) is 8.62. The summed E-state index contributed by atoms with van der Waals surface area (Å²) >= 11 is 0. The van der Waals surface area contributed by atoms with Crippen LogP contribution < -0.4 is 10.6 Å². The third-order valence-corrected chi connectivity index (χ3v) is 7.02. The SMILES string of the molecule is CCNC(=NCC(C)(C)c1ccc(CC)cc1)NCC1CCN(S(C)(=O)=O)CC1.I. The van der Waals surface area contributed by atoms with Gasteiger partial charge in [0.05, 0.1) is 12.8 Å². The van der Waals surface area contributed by atoms with E-state index in [2.05, 4.69) is 62.6 Å². The zero-order valence-corrected chi connectivity index (χ0v) is 22.2. The largest absolute Gasteiger partial charge is 0.357 e. The fourth-order valence-corrected chi connectivity index (χ4v) is 4.46. The van der Waals surface area contributed by atoms with E-state index < -0.39 is 10.0 Å². The van der Waals surface area contributed by atoms with Gasteiger partial charge in [-0.2, -0.15) is 0 Å².